The van der Waals surface area contributed by atoms with Gasteiger partial charge in [0.15, 0.2) is 0 Å². The summed E-state index contributed by atoms with van der Waals surface area (Å²) in [6, 6.07) is 18.3. The minimum absolute atomic E-state index is 0.0987. The molecule has 4 rings (SSSR count). The average molecular weight is 644 g/mol. The topological polar surface area (TPSA) is 134 Å². The molecule has 12 heteroatoms. The minimum atomic E-state index is -3.58. The number of ether oxygens (including phenoxy) is 2. The van der Waals surface area contributed by atoms with Gasteiger partial charge in [-0.25, -0.2) is 8.42 Å². The Morgan fingerprint density at radius 1 is 1.11 bits per heavy atom. The Labute approximate surface area is 263 Å². The number of carbonyl (C=O) groups excluding carboxylic acids is 2. The molecular formula is C32H38ClN3O7S. The highest BCUT2D eigenvalue weighted by atomic mass is 35.5. The SMILES string of the molecule is CO[C@H](C[C@H](O)[C@@H]1COc2cccc(c2)CCCCc2cc(cc(N(C)S(C)(=O)=O)c2)C(=O)N1)C(=O)Nc1cccc(Cl)c1. The lowest BCUT2D eigenvalue weighted by Gasteiger charge is -2.27. The normalized spacial score (nSPS) is 17.2. The number of halogens is 1. The number of aliphatic hydroxyl groups is 1. The van der Waals surface area contributed by atoms with Crippen molar-refractivity contribution in [2.45, 2.75) is 50.4 Å². The van der Waals surface area contributed by atoms with Gasteiger partial charge in [0, 0.05) is 36.9 Å². The molecule has 0 fully saturated rings. The number of hydrogen-bond acceptors (Lipinski definition) is 7. The summed E-state index contributed by atoms with van der Waals surface area (Å²) in [7, 11) is -0.785. The summed E-state index contributed by atoms with van der Waals surface area (Å²) in [6.07, 6.45) is 1.80. The molecule has 10 nitrogen and oxygen atoms in total. The second kappa shape index (κ2) is 14.9. The summed E-state index contributed by atoms with van der Waals surface area (Å²) < 4.78 is 37.2. The van der Waals surface area contributed by atoms with E-state index in [2.05, 4.69) is 10.6 Å². The molecule has 0 aromatic heterocycles. The molecule has 236 valence electrons. The van der Waals surface area contributed by atoms with Crippen LogP contribution in [0.4, 0.5) is 11.4 Å². The van der Waals surface area contributed by atoms with E-state index in [-0.39, 0.29) is 18.6 Å². The number of amides is 2. The first kappa shape index (κ1) is 33.3. The molecule has 3 N–H and O–H groups in total. The van der Waals surface area contributed by atoms with E-state index in [9.17, 15) is 23.1 Å². The quantitative estimate of drug-likeness (QED) is 0.335. The molecule has 0 spiro atoms. The van der Waals surface area contributed by atoms with Gasteiger partial charge in [-0.2, -0.15) is 0 Å². The number of hydrogen-bond donors (Lipinski definition) is 3. The number of benzene rings is 3. The van der Waals surface area contributed by atoms with Crippen molar-refractivity contribution in [2.24, 2.45) is 0 Å². The Morgan fingerprint density at radius 2 is 1.84 bits per heavy atom. The van der Waals surface area contributed by atoms with Gasteiger partial charge in [0.05, 0.1) is 24.1 Å². The molecule has 1 aliphatic rings. The fourth-order valence-electron chi connectivity index (χ4n) is 4.94. The van der Waals surface area contributed by atoms with Crippen molar-refractivity contribution in [1.82, 2.24) is 5.32 Å². The van der Waals surface area contributed by atoms with Crippen molar-refractivity contribution >= 4 is 44.8 Å². The molecule has 0 saturated carbocycles. The minimum Gasteiger partial charge on any atom is -0.491 e. The smallest absolute Gasteiger partial charge is 0.253 e. The van der Waals surface area contributed by atoms with Gasteiger partial charge in [-0.05, 0) is 85.3 Å². The third kappa shape index (κ3) is 9.18. The molecule has 3 aromatic rings. The number of carbonyl (C=O) groups is 2. The van der Waals surface area contributed by atoms with Gasteiger partial charge in [-0.1, -0.05) is 29.8 Å². The van der Waals surface area contributed by atoms with Crippen LogP contribution < -0.4 is 19.7 Å². The molecule has 4 bridgehead atoms. The molecule has 0 radical (unpaired) electrons. The summed E-state index contributed by atoms with van der Waals surface area (Å²) in [5, 5.41) is 17.4. The van der Waals surface area contributed by atoms with Crippen molar-refractivity contribution in [1.29, 1.82) is 0 Å². The second-order valence-corrected chi connectivity index (χ2v) is 13.3. The van der Waals surface area contributed by atoms with Crippen LogP contribution in [-0.4, -0.2) is 70.6 Å². The fourth-order valence-corrected chi connectivity index (χ4v) is 5.62. The van der Waals surface area contributed by atoms with Gasteiger partial charge in [0.2, 0.25) is 10.0 Å². The first-order chi connectivity index (χ1) is 20.9. The molecule has 3 aromatic carbocycles. The third-order valence-electron chi connectivity index (χ3n) is 7.52. The zero-order valence-electron chi connectivity index (χ0n) is 25.0. The molecule has 3 atom stereocenters. The number of nitrogens with one attached hydrogen (secondary N) is 2. The molecular weight excluding hydrogens is 606 g/mol. The number of sulfonamides is 1. The Kier molecular flexibility index (Phi) is 11.3. The van der Waals surface area contributed by atoms with Crippen LogP contribution in [0.25, 0.3) is 0 Å². The largest absolute Gasteiger partial charge is 0.491 e. The van der Waals surface area contributed by atoms with E-state index in [4.69, 9.17) is 21.1 Å². The molecule has 1 heterocycles. The Balaban J connectivity index is 1.62. The Bertz CT molecular complexity index is 1580. The van der Waals surface area contributed by atoms with E-state index in [0.29, 0.717) is 28.6 Å². The third-order valence-corrected chi connectivity index (χ3v) is 8.96. The zero-order chi connectivity index (χ0) is 31.9. The summed E-state index contributed by atoms with van der Waals surface area (Å²) in [5.74, 6) is -0.431. The van der Waals surface area contributed by atoms with Crippen LogP contribution in [0.5, 0.6) is 5.75 Å². The number of aryl methyl sites for hydroxylation is 2. The highest BCUT2D eigenvalue weighted by Crippen LogP contribution is 2.24. The average Bonchev–Trinajstić information content (AvgIpc) is 2.98. The summed E-state index contributed by atoms with van der Waals surface area (Å²) in [4.78, 5) is 26.6. The van der Waals surface area contributed by atoms with Gasteiger partial charge in [-0.15, -0.1) is 0 Å². The van der Waals surface area contributed by atoms with Crippen LogP contribution >= 0.6 is 11.6 Å². The van der Waals surface area contributed by atoms with Crippen LogP contribution in [0, 0.1) is 0 Å². The summed E-state index contributed by atoms with van der Waals surface area (Å²) in [5.41, 5.74) is 2.97. The molecule has 0 aliphatic carbocycles. The number of anilines is 2. The lowest BCUT2D eigenvalue weighted by molar-refractivity contribution is -0.127. The maximum atomic E-state index is 13.6. The van der Waals surface area contributed by atoms with Crippen LogP contribution in [0.1, 0.15) is 40.7 Å². The molecule has 1 aliphatic heterocycles. The molecule has 0 unspecified atom stereocenters. The van der Waals surface area contributed by atoms with Crippen molar-refractivity contribution in [3.63, 3.8) is 0 Å². The number of fused-ring (bicyclic) bond motifs is 4. The maximum Gasteiger partial charge on any atom is 0.253 e. The van der Waals surface area contributed by atoms with Gasteiger partial charge < -0.3 is 25.2 Å². The molecule has 2 amide bonds. The number of nitrogens with zero attached hydrogens (tertiary/aromatic N) is 1. The Morgan fingerprint density at radius 3 is 2.55 bits per heavy atom. The monoisotopic (exact) mass is 643 g/mol. The molecule has 0 saturated heterocycles. The van der Waals surface area contributed by atoms with Crippen LogP contribution in [-0.2, 0) is 32.4 Å². The van der Waals surface area contributed by atoms with Gasteiger partial charge >= 0.3 is 0 Å². The number of aliphatic hydroxyl groups excluding tert-OH is 1. The van der Waals surface area contributed by atoms with Crippen LogP contribution in [0.3, 0.4) is 0 Å². The lowest BCUT2D eigenvalue weighted by atomic mass is 10.0. The van der Waals surface area contributed by atoms with Gasteiger partial charge in [-0.3, -0.25) is 13.9 Å². The predicted octanol–water partition coefficient (Wildman–Crippen LogP) is 4.20. The first-order valence-electron chi connectivity index (χ1n) is 14.3. The second-order valence-electron chi connectivity index (χ2n) is 10.9. The lowest BCUT2D eigenvalue weighted by Crippen LogP contribution is -2.49. The van der Waals surface area contributed by atoms with Crippen LogP contribution in [0.15, 0.2) is 66.7 Å². The highest BCUT2D eigenvalue weighted by molar-refractivity contribution is 7.92. The number of methoxy groups -OCH3 is 1. The van der Waals surface area contributed by atoms with Crippen molar-refractivity contribution < 1.29 is 32.6 Å². The maximum absolute atomic E-state index is 13.6. The molecule has 44 heavy (non-hydrogen) atoms. The highest BCUT2D eigenvalue weighted by Gasteiger charge is 2.30. The van der Waals surface area contributed by atoms with Crippen molar-refractivity contribution in [3.05, 3.63) is 88.4 Å². The van der Waals surface area contributed by atoms with E-state index >= 15 is 0 Å². The van der Waals surface area contributed by atoms with E-state index in [1.54, 1.807) is 42.5 Å². The van der Waals surface area contributed by atoms with Crippen molar-refractivity contribution in [2.75, 3.05) is 36.6 Å². The Hall–Kier alpha value is -3.64. The van der Waals surface area contributed by atoms with Gasteiger partial charge in [0.1, 0.15) is 18.5 Å². The summed E-state index contributed by atoms with van der Waals surface area (Å²) >= 11 is 6.03. The predicted molar refractivity (Wildman–Crippen MR) is 171 cm³/mol. The van der Waals surface area contributed by atoms with E-state index in [1.165, 1.54) is 20.2 Å². The fraction of sp³-hybridized carbons (Fsp3) is 0.375. The van der Waals surface area contributed by atoms with E-state index < -0.39 is 40.1 Å². The van der Waals surface area contributed by atoms with Crippen molar-refractivity contribution in [3.8, 4) is 5.75 Å². The first-order valence-corrected chi connectivity index (χ1v) is 16.5. The van der Waals surface area contributed by atoms with E-state index in [1.807, 2.05) is 18.2 Å². The van der Waals surface area contributed by atoms with E-state index in [0.717, 1.165) is 41.0 Å². The standard InChI is InChI=1S/C32H38ClN3O7S/c1-36(44(3,40)41)26-15-22-9-5-4-8-21-10-6-13-27(16-21)43-20-28(35-31(38)23(14-22)17-26)29(37)19-30(42-2)32(39)34-25-12-7-11-24(33)18-25/h6-7,10-18,28-30,37H,4-5,8-9,19-20H2,1-3H3,(H,34,39)(H,35,38)/t28-,29-,30+/m0/s1. The number of rotatable bonds is 8. The van der Waals surface area contributed by atoms with Gasteiger partial charge in [0.25, 0.3) is 11.8 Å². The van der Waals surface area contributed by atoms with Crippen LogP contribution in [0.2, 0.25) is 5.02 Å². The summed E-state index contributed by atoms with van der Waals surface area (Å²) in [6.45, 7) is -0.0987. The zero-order valence-corrected chi connectivity index (χ0v) is 26.5.